The van der Waals surface area contributed by atoms with Gasteiger partial charge in [-0.1, -0.05) is 36.4 Å². The molecule has 2 nitrogen and oxygen atoms in total. The topological polar surface area (TPSA) is 28.7 Å². The van der Waals surface area contributed by atoms with Crippen LogP contribution in [0, 0.1) is 0 Å². The first-order valence-corrected chi connectivity index (χ1v) is 6.32. The Bertz CT molecular complexity index is 874. The van der Waals surface area contributed by atoms with Gasteiger partial charge >= 0.3 is 0 Å². The van der Waals surface area contributed by atoms with Crippen molar-refractivity contribution in [1.29, 1.82) is 0 Å². The average molecular weight is 244 g/mol. The molecule has 19 heavy (non-hydrogen) atoms. The van der Waals surface area contributed by atoms with Gasteiger partial charge in [0.15, 0.2) is 0 Å². The third-order valence-electron chi connectivity index (χ3n) is 3.48. The number of hydrogen-bond donors (Lipinski definition) is 1. The SMILES string of the molecule is c1ccc2cc(-c3cnc4[nH]ccc4c3)ccc2c1. The lowest BCUT2D eigenvalue weighted by Crippen LogP contribution is -1.82. The zero-order valence-electron chi connectivity index (χ0n) is 10.3. The van der Waals surface area contributed by atoms with Crippen LogP contribution in [0.5, 0.6) is 0 Å². The smallest absolute Gasteiger partial charge is 0.137 e. The summed E-state index contributed by atoms with van der Waals surface area (Å²) in [4.78, 5) is 7.56. The molecule has 2 aromatic carbocycles. The molecule has 2 heterocycles. The maximum atomic E-state index is 4.44. The van der Waals surface area contributed by atoms with Gasteiger partial charge in [0, 0.05) is 23.3 Å². The molecule has 4 aromatic rings. The third-order valence-corrected chi connectivity index (χ3v) is 3.48. The van der Waals surface area contributed by atoms with E-state index in [0.29, 0.717) is 0 Å². The number of nitrogens with one attached hydrogen (secondary N) is 1. The summed E-state index contributed by atoms with van der Waals surface area (Å²) in [6.45, 7) is 0. The Balaban J connectivity index is 1.92. The van der Waals surface area contributed by atoms with E-state index in [9.17, 15) is 0 Å². The zero-order valence-corrected chi connectivity index (χ0v) is 10.3. The van der Waals surface area contributed by atoms with Crippen LogP contribution in [0.1, 0.15) is 0 Å². The van der Waals surface area contributed by atoms with Gasteiger partial charge in [0.1, 0.15) is 5.65 Å². The molecule has 0 fully saturated rings. The minimum Gasteiger partial charge on any atom is -0.346 e. The number of fused-ring (bicyclic) bond motifs is 2. The zero-order chi connectivity index (χ0) is 12.7. The highest BCUT2D eigenvalue weighted by molar-refractivity contribution is 5.89. The summed E-state index contributed by atoms with van der Waals surface area (Å²) in [5.41, 5.74) is 3.29. The van der Waals surface area contributed by atoms with Crippen molar-refractivity contribution in [1.82, 2.24) is 9.97 Å². The van der Waals surface area contributed by atoms with Crippen LogP contribution in [0.2, 0.25) is 0 Å². The molecular formula is C17H12N2. The number of benzene rings is 2. The second kappa shape index (κ2) is 3.95. The van der Waals surface area contributed by atoms with Crippen molar-refractivity contribution < 1.29 is 0 Å². The van der Waals surface area contributed by atoms with Gasteiger partial charge in [0.05, 0.1) is 0 Å². The van der Waals surface area contributed by atoms with E-state index in [1.165, 1.54) is 16.3 Å². The van der Waals surface area contributed by atoms with Crippen LogP contribution in [-0.2, 0) is 0 Å². The molecule has 0 saturated carbocycles. The molecule has 0 radical (unpaired) electrons. The summed E-state index contributed by atoms with van der Waals surface area (Å²) < 4.78 is 0. The van der Waals surface area contributed by atoms with Crippen molar-refractivity contribution >= 4 is 21.8 Å². The van der Waals surface area contributed by atoms with Gasteiger partial charge in [-0.05, 0) is 34.5 Å². The first-order valence-electron chi connectivity index (χ1n) is 6.32. The van der Waals surface area contributed by atoms with E-state index in [4.69, 9.17) is 0 Å². The Morgan fingerprint density at radius 1 is 0.737 bits per heavy atom. The Kier molecular flexibility index (Phi) is 2.15. The summed E-state index contributed by atoms with van der Waals surface area (Å²) >= 11 is 0. The van der Waals surface area contributed by atoms with E-state index < -0.39 is 0 Å². The van der Waals surface area contributed by atoms with Gasteiger partial charge < -0.3 is 4.98 Å². The lowest BCUT2D eigenvalue weighted by atomic mass is 10.0. The van der Waals surface area contributed by atoms with Crippen molar-refractivity contribution in [3.05, 3.63) is 67.0 Å². The molecule has 90 valence electrons. The van der Waals surface area contributed by atoms with E-state index in [2.05, 4.69) is 58.5 Å². The standard InChI is InChI=1S/C17H12N2/c1-2-4-13-9-14(6-5-12(13)3-1)16-10-15-7-8-18-17(15)19-11-16/h1-11H,(H,18,19). The maximum absolute atomic E-state index is 4.44. The molecule has 2 aromatic heterocycles. The second-order valence-corrected chi connectivity index (χ2v) is 4.70. The van der Waals surface area contributed by atoms with Crippen molar-refractivity contribution in [3.63, 3.8) is 0 Å². The van der Waals surface area contributed by atoms with Crippen molar-refractivity contribution in [2.75, 3.05) is 0 Å². The highest BCUT2D eigenvalue weighted by atomic mass is 14.8. The number of hydrogen-bond acceptors (Lipinski definition) is 1. The van der Waals surface area contributed by atoms with Gasteiger partial charge in [0.2, 0.25) is 0 Å². The van der Waals surface area contributed by atoms with E-state index in [-0.39, 0.29) is 0 Å². The lowest BCUT2D eigenvalue weighted by Gasteiger charge is -2.04. The number of aromatic nitrogens is 2. The van der Waals surface area contributed by atoms with E-state index in [1.54, 1.807) is 0 Å². The highest BCUT2D eigenvalue weighted by Gasteiger charge is 2.02. The second-order valence-electron chi connectivity index (χ2n) is 4.70. The third kappa shape index (κ3) is 1.69. The highest BCUT2D eigenvalue weighted by Crippen LogP contribution is 2.25. The molecule has 0 saturated heterocycles. The van der Waals surface area contributed by atoms with Crippen LogP contribution in [-0.4, -0.2) is 9.97 Å². The normalized spacial score (nSPS) is 11.2. The van der Waals surface area contributed by atoms with E-state index in [1.807, 2.05) is 18.5 Å². The number of rotatable bonds is 1. The quantitative estimate of drug-likeness (QED) is 0.528. The molecule has 0 atom stereocenters. The summed E-state index contributed by atoms with van der Waals surface area (Å²) in [7, 11) is 0. The van der Waals surface area contributed by atoms with Crippen LogP contribution in [0.4, 0.5) is 0 Å². The first-order chi connectivity index (χ1) is 9.40. The molecule has 0 spiro atoms. The minimum absolute atomic E-state index is 0.935. The van der Waals surface area contributed by atoms with Gasteiger partial charge in [-0.2, -0.15) is 0 Å². The number of pyridine rings is 1. The molecule has 1 N–H and O–H groups in total. The first kappa shape index (κ1) is 10.3. The van der Waals surface area contributed by atoms with Crippen LogP contribution < -0.4 is 0 Å². The molecule has 0 aliphatic carbocycles. The molecule has 0 aliphatic rings. The predicted octanol–water partition coefficient (Wildman–Crippen LogP) is 4.38. The fourth-order valence-electron chi connectivity index (χ4n) is 2.47. The summed E-state index contributed by atoms with van der Waals surface area (Å²) in [6, 6.07) is 19.1. The number of aromatic amines is 1. The molecule has 0 unspecified atom stereocenters. The summed E-state index contributed by atoms with van der Waals surface area (Å²) in [6.07, 6.45) is 3.84. The molecule has 2 heteroatoms. The Hall–Kier alpha value is -2.61. The van der Waals surface area contributed by atoms with Crippen molar-refractivity contribution in [3.8, 4) is 11.1 Å². The molecule has 0 aliphatic heterocycles. The van der Waals surface area contributed by atoms with Crippen LogP contribution in [0.15, 0.2) is 67.0 Å². The van der Waals surface area contributed by atoms with E-state index >= 15 is 0 Å². The minimum atomic E-state index is 0.935. The monoisotopic (exact) mass is 244 g/mol. The predicted molar refractivity (Wildman–Crippen MR) is 79.0 cm³/mol. The summed E-state index contributed by atoms with van der Waals surface area (Å²) in [5.74, 6) is 0. The van der Waals surface area contributed by atoms with Crippen LogP contribution in [0.25, 0.3) is 32.9 Å². The number of H-pyrrole nitrogens is 1. The van der Waals surface area contributed by atoms with Crippen molar-refractivity contribution in [2.24, 2.45) is 0 Å². The Labute approximate surface area is 110 Å². The fraction of sp³-hybridized carbons (Fsp3) is 0. The molecular weight excluding hydrogens is 232 g/mol. The summed E-state index contributed by atoms with van der Waals surface area (Å²) in [5, 5.41) is 3.67. The molecule has 0 bridgehead atoms. The largest absolute Gasteiger partial charge is 0.346 e. The van der Waals surface area contributed by atoms with Gasteiger partial charge in [0.25, 0.3) is 0 Å². The van der Waals surface area contributed by atoms with Crippen molar-refractivity contribution in [2.45, 2.75) is 0 Å². The molecule has 4 rings (SSSR count). The number of nitrogens with zero attached hydrogens (tertiary/aromatic N) is 1. The Morgan fingerprint density at radius 3 is 2.53 bits per heavy atom. The van der Waals surface area contributed by atoms with E-state index in [0.717, 1.165) is 16.6 Å². The average Bonchev–Trinajstić information content (AvgIpc) is 2.94. The van der Waals surface area contributed by atoms with Crippen LogP contribution in [0.3, 0.4) is 0 Å². The van der Waals surface area contributed by atoms with Gasteiger partial charge in [-0.25, -0.2) is 4.98 Å². The maximum Gasteiger partial charge on any atom is 0.137 e. The van der Waals surface area contributed by atoms with Gasteiger partial charge in [-0.15, -0.1) is 0 Å². The fourth-order valence-corrected chi connectivity index (χ4v) is 2.47. The lowest BCUT2D eigenvalue weighted by molar-refractivity contribution is 1.33. The van der Waals surface area contributed by atoms with Crippen LogP contribution >= 0.6 is 0 Å². The molecule has 0 amide bonds. The Morgan fingerprint density at radius 2 is 1.58 bits per heavy atom. The van der Waals surface area contributed by atoms with Gasteiger partial charge in [-0.3, -0.25) is 0 Å².